The number of esters is 1. The number of allylic oxidation sites excluding steroid dienone is 1. The highest BCUT2D eigenvalue weighted by molar-refractivity contribution is 7.07. The lowest BCUT2D eigenvalue weighted by atomic mass is 10.0. The third-order valence-corrected chi connectivity index (χ3v) is 5.99. The number of carbonyl (C=O) groups is 1. The van der Waals surface area contributed by atoms with Crippen molar-refractivity contribution in [1.82, 2.24) is 4.57 Å². The zero-order chi connectivity index (χ0) is 24.6. The van der Waals surface area contributed by atoms with Crippen LogP contribution in [0.25, 0.3) is 11.8 Å². The number of aromatic nitrogens is 1. The van der Waals surface area contributed by atoms with Crippen molar-refractivity contribution in [2.45, 2.75) is 19.9 Å². The van der Waals surface area contributed by atoms with E-state index in [9.17, 15) is 29.8 Å². The number of nitro benzene ring substituents is 1. The molecule has 1 aromatic carbocycles. The van der Waals surface area contributed by atoms with Gasteiger partial charge in [-0.15, -0.1) is 0 Å². The maximum absolute atomic E-state index is 13.1. The summed E-state index contributed by atoms with van der Waals surface area (Å²) in [6.45, 7) is 3.25. The molecule has 13 heteroatoms. The number of carbonyl (C=O) groups excluding carboxylic acids is 1. The third kappa shape index (κ3) is 4.03. The van der Waals surface area contributed by atoms with Gasteiger partial charge in [-0.05, 0) is 43.7 Å². The molecule has 1 aliphatic heterocycles. The summed E-state index contributed by atoms with van der Waals surface area (Å²) in [7, 11) is 0. The molecule has 0 unspecified atom stereocenters. The highest BCUT2D eigenvalue weighted by Gasteiger charge is 2.34. The Balaban J connectivity index is 1.89. The van der Waals surface area contributed by atoms with E-state index in [4.69, 9.17) is 9.15 Å². The largest absolute Gasteiger partial charge is 0.463 e. The van der Waals surface area contributed by atoms with E-state index < -0.39 is 33.3 Å². The van der Waals surface area contributed by atoms with Crippen molar-refractivity contribution < 1.29 is 23.8 Å². The van der Waals surface area contributed by atoms with Gasteiger partial charge in [0, 0.05) is 17.8 Å². The molecule has 0 radical (unpaired) electrons. The fourth-order valence-corrected chi connectivity index (χ4v) is 4.49. The monoisotopic (exact) mass is 484 g/mol. The Morgan fingerprint density at radius 3 is 2.50 bits per heavy atom. The van der Waals surface area contributed by atoms with Crippen LogP contribution in [0.1, 0.15) is 31.2 Å². The van der Waals surface area contributed by atoms with Crippen LogP contribution in [-0.2, 0) is 9.53 Å². The van der Waals surface area contributed by atoms with Crippen molar-refractivity contribution in [3.05, 3.63) is 93.2 Å². The molecule has 0 saturated carbocycles. The fraction of sp³-hybridized carbons (Fsp3) is 0.190. The summed E-state index contributed by atoms with van der Waals surface area (Å²) < 4.78 is 12.0. The number of hydrogen-bond acceptors (Lipinski definition) is 10. The Bertz CT molecular complexity index is 1530. The van der Waals surface area contributed by atoms with Gasteiger partial charge >= 0.3 is 11.9 Å². The summed E-state index contributed by atoms with van der Waals surface area (Å²) in [6.07, 6.45) is 1.56. The first-order valence-corrected chi connectivity index (χ1v) is 10.7. The summed E-state index contributed by atoms with van der Waals surface area (Å²) in [5, 5.41) is 21.9. The average molecular weight is 484 g/mol. The van der Waals surface area contributed by atoms with E-state index in [0.717, 1.165) is 17.4 Å². The van der Waals surface area contributed by atoms with Crippen molar-refractivity contribution >= 4 is 40.7 Å². The van der Waals surface area contributed by atoms with E-state index in [1.807, 2.05) is 0 Å². The van der Waals surface area contributed by atoms with E-state index >= 15 is 0 Å². The molecule has 1 aliphatic rings. The predicted molar refractivity (Wildman–Crippen MR) is 120 cm³/mol. The maximum Gasteiger partial charge on any atom is 0.433 e. The zero-order valence-electron chi connectivity index (χ0n) is 17.8. The molecule has 174 valence electrons. The standard InChI is InChI=1S/C21H16N4O8S/c1-3-32-20(27)17-11(2)23-19(26)15(10-12-4-6-13(7-5-12)24(28)29)34-21(23)22-18(17)14-8-9-16(33-14)25(30)31/h4-10,18H,3H2,1-2H3/b15-10-/t18-/m0/s1. The van der Waals surface area contributed by atoms with Crippen LogP contribution in [0.2, 0.25) is 0 Å². The molecule has 0 saturated heterocycles. The number of fused-ring (bicyclic) bond motifs is 1. The fourth-order valence-electron chi connectivity index (χ4n) is 3.45. The highest BCUT2D eigenvalue weighted by atomic mass is 32.1. The molecule has 0 bridgehead atoms. The van der Waals surface area contributed by atoms with Crippen LogP contribution < -0.4 is 14.9 Å². The number of thiazole rings is 1. The summed E-state index contributed by atoms with van der Waals surface area (Å²) >= 11 is 1.04. The van der Waals surface area contributed by atoms with Gasteiger partial charge in [0.25, 0.3) is 11.2 Å². The molecule has 4 rings (SSSR count). The summed E-state index contributed by atoms with van der Waals surface area (Å²) in [5.41, 5.74) is 0.331. The molecule has 34 heavy (non-hydrogen) atoms. The number of rotatable bonds is 6. The van der Waals surface area contributed by atoms with E-state index in [1.165, 1.54) is 34.9 Å². The quantitative estimate of drug-likeness (QED) is 0.293. The average Bonchev–Trinajstić information content (AvgIpc) is 3.40. The number of nitrogens with zero attached hydrogens (tertiary/aromatic N) is 4. The van der Waals surface area contributed by atoms with Crippen molar-refractivity contribution in [1.29, 1.82) is 0 Å². The van der Waals surface area contributed by atoms with Crippen LogP contribution in [0.3, 0.4) is 0 Å². The molecule has 1 atom stereocenters. The van der Waals surface area contributed by atoms with Gasteiger partial charge in [0.15, 0.2) is 4.80 Å². The van der Waals surface area contributed by atoms with Crippen LogP contribution >= 0.6 is 11.3 Å². The van der Waals surface area contributed by atoms with E-state index in [-0.39, 0.29) is 38.7 Å². The van der Waals surface area contributed by atoms with Crippen molar-refractivity contribution in [3.8, 4) is 0 Å². The van der Waals surface area contributed by atoms with Gasteiger partial charge in [0.2, 0.25) is 0 Å². The Kier molecular flexibility index (Phi) is 5.94. The van der Waals surface area contributed by atoms with Gasteiger partial charge in [0.05, 0.1) is 27.7 Å². The molecular formula is C21H16N4O8S. The van der Waals surface area contributed by atoms with Gasteiger partial charge < -0.3 is 9.15 Å². The topological polar surface area (TPSA) is 160 Å². The first-order chi connectivity index (χ1) is 16.2. The van der Waals surface area contributed by atoms with E-state index in [0.29, 0.717) is 5.56 Å². The number of non-ortho nitro benzene ring substituents is 1. The molecule has 3 aromatic rings. The Morgan fingerprint density at radius 1 is 1.21 bits per heavy atom. The SMILES string of the molecule is CCOC(=O)C1=C(C)n2c(s/c(=C\c3ccc([N+](=O)[O-])cc3)c2=O)=N[C@H]1c1ccc([N+](=O)[O-])o1. The van der Waals surface area contributed by atoms with Gasteiger partial charge in [-0.2, -0.15) is 0 Å². The molecule has 12 nitrogen and oxygen atoms in total. The third-order valence-electron chi connectivity index (χ3n) is 5.00. The molecule has 3 heterocycles. The summed E-state index contributed by atoms with van der Waals surface area (Å²) in [4.78, 5) is 51.3. The molecule has 0 N–H and O–H groups in total. The predicted octanol–water partition coefficient (Wildman–Crippen LogP) is 2.32. The van der Waals surface area contributed by atoms with Crippen LogP contribution in [0.4, 0.5) is 11.6 Å². The molecule has 0 fully saturated rings. The van der Waals surface area contributed by atoms with Crippen molar-refractivity contribution in [2.75, 3.05) is 6.61 Å². The second-order valence-corrected chi connectivity index (χ2v) is 8.08. The molecular weight excluding hydrogens is 468 g/mol. The second kappa shape index (κ2) is 8.86. The smallest absolute Gasteiger partial charge is 0.433 e. The maximum atomic E-state index is 13.1. The van der Waals surface area contributed by atoms with Gasteiger partial charge in [-0.3, -0.25) is 29.6 Å². The van der Waals surface area contributed by atoms with E-state index in [2.05, 4.69) is 4.99 Å². The summed E-state index contributed by atoms with van der Waals surface area (Å²) in [6, 6.07) is 7.14. The first kappa shape index (κ1) is 22.8. The van der Waals surface area contributed by atoms with Crippen molar-refractivity contribution in [2.24, 2.45) is 4.99 Å². The zero-order valence-corrected chi connectivity index (χ0v) is 18.6. The highest BCUT2D eigenvalue weighted by Crippen LogP contribution is 2.34. The van der Waals surface area contributed by atoms with Crippen molar-refractivity contribution in [3.63, 3.8) is 0 Å². The number of hydrogen-bond donors (Lipinski definition) is 0. The van der Waals surface area contributed by atoms with Gasteiger partial charge in [-0.25, -0.2) is 9.79 Å². The molecule has 0 spiro atoms. The van der Waals surface area contributed by atoms with Gasteiger partial charge in [0.1, 0.15) is 16.7 Å². The minimum atomic E-state index is -1.04. The Morgan fingerprint density at radius 2 is 1.91 bits per heavy atom. The van der Waals surface area contributed by atoms with E-state index in [1.54, 1.807) is 19.9 Å². The lowest BCUT2D eigenvalue weighted by molar-refractivity contribution is -0.402. The minimum absolute atomic E-state index is 0.0281. The molecule has 0 amide bonds. The lowest BCUT2D eigenvalue weighted by Gasteiger charge is -2.20. The Labute approximate surface area is 194 Å². The molecule has 2 aromatic heterocycles. The first-order valence-electron chi connectivity index (χ1n) is 9.89. The van der Waals surface area contributed by atoms with Crippen LogP contribution in [0.15, 0.2) is 56.2 Å². The number of furan rings is 1. The number of nitro groups is 2. The number of ether oxygens (including phenoxy) is 1. The van der Waals surface area contributed by atoms with Crippen LogP contribution in [0.5, 0.6) is 0 Å². The van der Waals surface area contributed by atoms with Crippen LogP contribution in [0, 0.1) is 20.2 Å². The number of benzene rings is 1. The Hall–Kier alpha value is -4.39. The lowest BCUT2D eigenvalue weighted by Crippen LogP contribution is -2.35. The summed E-state index contributed by atoms with van der Waals surface area (Å²) in [5.74, 6) is -1.17. The second-order valence-electron chi connectivity index (χ2n) is 7.07. The van der Waals surface area contributed by atoms with Gasteiger partial charge in [-0.1, -0.05) is 11.3 Å². The normalized spacial score (nSPS) is 15.6. The van der Waals surface area contributed by atoms with Crippen LogP contribution in [-0.4, -0.2) is 27.0 Å². The molecule has 0 aliphatic carbocycles. The minimum Gasteiger partial charge on any atom is -0.463 e.